The fraction of sp³-hybridized carbons (Fsp3) is 0.250. The molecule has 0 saturated heterocycles. The lowest BCUT2D eigenvalue weighted by molar-refractivity contribution is -0.142. The predicted molar refractivity (Wildman–Crippen MR) is 108 cm³/mol. The summed E-state index contributed by atoms with van der Waals surface area (Å²) in [5.41, 5.74) is 2.79. The van der Waals surface area contributed by atoms with E-state index in [4.69, 9.17) is 16.3 Å². The van der Waals surface area contributed by atoms with Gasteiger partial charge in [-0.3, -0.25) is 9.36 Å². The number of hydrogen-bond donors (Lipinski definition) is 0. The average Bonchev–Trinajstić information content (AvgIpc) is 3.05. The van der Waals surface area contributed by atoms with E-state index in [1.54, 1.807) is 13.8 Å². The minimum Gasteiger partial charge on any atom is -0.465 e. The van der Waals surface area contributed by atoms with Gasteiger partial charge < -0.3 is 4.74 Å². The van der Waals surface area contributed by atoms with Crippen molar-refractivity contribution in [1.29, 1.82) is 0 Å². The zero-order chi connectivity index (χ0) is 19.4. The standard InChI is InChI=1S/C20H20ClN3O2S/c1-4-26-19(25)14(3)27-20-23-22-18(15-10-6-7-11-16(15)21)24(20)17-12-8-5-9-13(17)2/h5-12,14H,4H2,1-3H3/t14-/m1/s1. The summed E-state index contributed by atoms with van der Waals surface area (Å²) in [5.74, 6) is 0.356. The molecule has 7 heteroatoms. The molecule has 0 saturated carbocycles. The Morgan fingerprint density at radius 1 is 1.19 bits per heavy atom. The molecule has 0 aliphatic rings. The average molecular weight is 402 g/mol. The van der Waals surface area contributed by atoms with Gasteiger partial charge in [0.1, 0.15) is 5.25 Å². The summed E-state index contributed by atoms with van der Waals surface area (Å²) in [6.45, 7) is 5.96. The number of halogens is 1. The Hall–Kier alpha value is -2.31. The third-order valence-corrected chi connectivity index (χ3v) is 5.36. The van der Waals surface area contributed by atoms with Gasteiger partial charge in [0.05, 0.1) is 17.3 Å². The highest BCUT2D eigenvalue weighted by molar-refractivity contribution is 8.00. The van der Waals surface area contributed by atoms with Crippen molar-refractivity contribution >= 4 is 29.3 Å². The minimum atomic E-state index is -0.406. The number of carbonyl (C=O) groups excluding carboxylic acids is 1. The molecule has 0 radical (unpaired) electrons. The third-order valence-electron chi connectivity index (χ3n) is 4.01. The van der Waals surface area contributed by atoms with Gasteiger partial charge in [-0.05, 0) is 44.5 Å². The van der Waals surface area contributed by atoms with Crippen molar-refractivity contribution in [3.8, 4) is 17.1 Å². The maximum atomic E-state index is 12.1. The summed E-state index contributed by atoms with van der Waals surface area (Å²) < 4.78 is 7.06. The van der Waals surface area contributed by atoms with Crippen LogP contribution < -0.4 is 0 Å². The van der Waals surface area contributed by atoms with Crippen molar-refractivity contribution in [1.82, 2.24) is 14.8 Å². The zero-order valence-corrected chi connectivity index (χ0v) is 16.9. The highest BCUT2D eigenvalue weighted by atomic mass is 35.5. The lowest BCUT2D eigenvalue weighted by Crippen LogP contribution is -2.17. The number of esters is 1. The highest BCUT2D eigenvalue weighted by Gasteiger charge is 2.23. The quantitative estimate of drug-likeness (QED) is 0.432. The zero-order valence-electron chi connectivity index (χ0n) is 15.3. The number of para-hydroxylation sites is 1. The number of hydrogen-bond acceptors (Lipinski definition) is 5. The van der Waals surface area contributed by atoms with Gasteiger partial charge in [-0.2, -0.15) is 0 Å². The molecule has 27 heavy (non-hydrogen) atoms. The molecule has 1 heterocycles. The fourth-order valence-corrected chi connectivity index (χ4v) is 3.74. The largest absolute Gasteiger partial charge is 0.465 e. The van der Waals surface area contributed by atoms with Crippen LogP contribution in [0.3, 0.4) is 0 Å². The van der Waals surface area contributed by atoms with Gasteiger partial charge in [-0.15, -0.1) is 10.2 Å². The van der Waals surface area contributed by atoms with Gasteiger partial charge in [0, 0.05) is 5.56 Å². The van der Waals surface area contributed by atoms with E-state index in [0.29, 0.717) is 22.6 Å². The number of ether oxygens (including phenoxy) is 1. The van der Waals surface area contributed by atoms with Gasteiger partial charge >= 0.3 is 5.97 Å². The van der Waals surface area contributed by atoms with Crippen LogP contribution in [0.25, 0.3) is 17.1 Å². The third kappa shape index (κ3) is 4.17. The van der Waals surface area contributed by atoms with Crippen LogP contribution in [0, 0.1) is 6.92 Å². The van der Waals surface area contributed by atoms with Gasteiger partial charge in [0.25, 0.3) is 0 Å². The Morgan fingerprint density at radius 2 is 1.89 bits per heavy atom. The lowest BCUT2D eigenvalue weighted by atomic mass is 10.1. The Labute approximate surface area is 167 Å². The van der Waals surface area contributed by atoms with E-state index in [2.05, 4.69) is 10.2 Å². The van der Waals surface area contributed by atoms with Gasteiger partial charge in [-0.25, -0.2) is 0 Å². The Bertz CT molecular complexity index is 958. The molecule has 5 nitrogen and oxygen atoms in total. The number of aryl methyl sites for hydroxylation is 1. The second kappa shape index (κ2) is 8.59. The number of aromatic nitrogens is 3. The van der Waals surface area contributed by atoms with Crippen LogP contribution in [0.4, 0.5) is 0 Å². The number of benzene rings is 2. The molecule has 1 atom stereocenters. The summed E-state index contributed by atoms with van der Waals surface area (Å²) in [5, 5.41) is 9.52. The van der Waals surface area contributed by atoms with Crippen molar-refractivity contribution < 1.29 is 9.53 Å². The molecular weight excluding hydrogens is 382 g/mol. The number of thioether (sulfide) groups is 1. The molecular formula is C20H20ClN3O2S. The number of nitrogens with zero attached hydrogens (tertiary/aromatic N) is 3. The smallest absolute Gasteiger partial charge is 0.319 e. The SMILES string of the molecule is CCOC(=O)[C@@H](C)Sc1nnc(-c2ccccc2Cl)n1-c1ccccc1C. The summed E-state index contributed by atoms with van der Waals surface area (Å²) >= 11 is 7.72. The van der Waals surface area contributed by atoms with Crippen LogP contribution in [0.5, 0.6) is 0 Å². The topological polar surface area (TPSA) is 57.0 Å². The summed E-state index contributed by atoms with van der Waals surface area (Å²) in [7, 11) is 0. The van der Waals surface area contributed by atoms with E-state index in [1.165, 1.54) is 11.8 Å². The van der Waals surface area contributed by atoms with Crippen molar-refractivity contribution in [3.05, 3.63) is 59.1 Å². The predicted octanol–water partition coefficient (Wildman–Crippen LogP) is 4.94. The first-order chi connectivity index (χ1) is 13.0. The Balaban J connectivity index is 2.11. The maximum absolute atomic E-state index is 12.1. The van der Waals surface area contributed by atoms with E-state index < -0.39 is 5.25 Å². The Morgan fingerprint density at radius 3 is 2.59 bits per heavy atom. The molecule has 140 valence electrons. The van der Waals surface area contributed by atoms with Crippen LogP contribution in [0.15, 0.2) is 53.7 Å². The fourth-order valence-electron chi connectivity index (χ4n) is 2.66. The van der Waals surface area contributed by atoms with E-state index in [9.17, 15) is 4.79 Å². The van der Waals surface area contributed by atoms with Crippen LogP contribution in [-0.4, -0.2) is 32.6 Å². The molecule has 0 fully saturated rings. The van der Waals surface area contributed by atoms with Crippen molar-refractivity contribution in [3.63, 3.8) is 0 Å². The van der Waals surface area contributed by atoms with Crippen LogP contribution in [-0.2, 0) is 9.53 Å². The molecule has 0 spiro atoms. The maximum Gasteiger partial charge on any atom is 0.319 e. The van der Waals surface area contributed by atoms with E-state index in [0.717, 1.165) is 16.8 Å². The highest BCUT2D eigenvalue weighted by Crippen LogP contribution is 2.34. The molecule has 0 aliphatic carbocycles. The molecule has 2 aromatic carbocycles. The minimum absolute atomic E-state index is 0.277. The van der Waals surface area contributed by atoms with Crippen molar-refractivity contribution in [2.45, 2.75) is 31.2 Å². The molecule has 0 N–H and O–H groups in total. The summed E-state index contributed by atoms with van der Waals surface area (Å²) in [6.07, 6.45) is 0. The summed E-state index contributed by atoms with van der Waals surface area (Å²) in [6, 6.07) is 15.5. The molecule has 0 bridgehead atoms. The van der Waals surface area contributed by atoms with Crippen LogP contribution in [0.1, 0.15) is 19.4 Å². The van der Waals surface area contributed by atoms with Gasteiger partial charge in [0.2, 0.25) is 0 Å². The van der Waals surface area contributed by atoms with Gasteiger partial charge in [-0.1, -0.05) is 53.7 Å². The van der Waals surface area contributed by atoms with E-state index in [1.807, 2.05) is 60.0 Å². The monoisotopic (exact) mass is 401 g/mol. The van der Waals surface area contributed by atoms with Crippen LogP contribution >= 0.6 is 23.4 Å². The second-order valence-corrected chi connectivity index (χ2v) is 7.64. The molecule has 0 amide bonds. The normalized spacial score (nSPS) is 12.0. The Kier molecular flexibility index (Phi) is 6.19. The molecule has 3 rings (SSSR count). The van der Waals surface area contributed by atoms with Crippen molar-refractivity contribution in [2.24, 2.45) is 0 Å². The molecule has 0 aliphatic heterocycles. The first-order valence-corrected chi connectivity index (χ1v) is 9.88. The first-order valence-electron chi connectivity index (χ1n) is 8.62. The first kappa shape index (κ1) is 19.5. The number of rotatable bonds is 6. The van der Waals surface area contributed by atoms with Crippen LogP contribution in [0.2, 0.25) is 5.02 Å². The lowest BCUT2D eigenvalue weighted by Gasteiger charge is -2.15. The molecule has 1 aromatic heterocycles. The van der Waals surface area contributed by atoms with E-state index >= 15 is 0 Å². The van der Waals surface area contributed by atoms with Crippen molar-refractivity contribution in [2.75, 3.05) is 6.61 Å². The number of carbonyl (C=O) groups is 1. The van der Waals surface area contributed by atoms with E-state index in [-0.39, 0.29) is 5.97 Å². The second-order valence-electron chi connectivity index (χ2n) is 5.92. The molecule has 3 aromatic rings. The summed E-state index contributed by atoms with van der Waals surface area (Å²) in [4.78, 5) is 12.1. The van der Waals surface area contributed by atoms with Gasteiger partial charge in [0.15, 0.2) is 11.0 Å². The molecule has 0 unspecified atom stereocenters.